The number of aliphatic imine (C=N–C) groups is 2. The van der Waals surface area contributed by atoms with Gasteiger partial charge < -0.3 is 26.4 Å². The van der Waals surface area contributed by atoms with Gasteiger partial charge in [0.2, 0.25) is 11.9 Å². The van der Waals surface area contributed by atoms with Crippen molar-refractivity contribution in [3.8, 4) is 5.75 Å². The van der Waals surface area contributed by atoms with Gasteiger partial charge in [0.25, 0.3) is 0 Å². The number of carbonyl (C=O) groups is 1. The molecule has 0 atom stereocenters. The lowest BCUT2D eigenvalue weighted by molar-refractivity contribution is -0.116. The quantitative estimate of drug-likeness (QED) is 0.0650. The van der Waals surface area contributed by atoms with E-state index in [2.05, 4.69) is 35.1 Å². The van der Waals surface area contributed by atoms with E-state index in [-0.39, 0.29) is 11.7 Å². The van der Waals surface area contributed by atoms with Crippen LogP contribution in [-0.4, -0.2) is 29.4 Å². The average Bonchev–Trinajstić information content (AvgIpc) is 2.98. The summed E-state index contributed by atoms with van der Waals surface area (Å²) in [5, 5.41) is 22.7. The largest absolute Gasteiger partial charge is 0.508 e. The van der Waals surface area contributed by atoms with Crippen molar-refractivity contribution >= 4 is 34.8 Å². The zero-order valence-electron chi connectivity index (χ0n) is 24.3. The Labute approximate surface area is 243 Å². The molecule has 0 unspecified atom stereocenters. The number of amides is 1. The molecule has 1 amide bonds. The van der Waals surface area contributed by atoms with E-state index in [0.717, 1.165) is 66.4 Å². The highest BCUT2D eigenvalue weighted by atomic mass is 16.3. The van der Waals surface area contributed by atoms with Crippen molar-refractivity contribution < 1.29 is 9.90 Å². The van der Waals surface area contributed by atoms with E-state index in [4.69, 9.17) is 9.98 Å². The van der Waals surface area contributed by atoms with Gasteiger partial charge in [-0.1, -0.05) is 56.2 Å². The van der Waals surface area contributed by atoms with Crippen molar-refractivity contribution in [3.05, 3.63) is 96.3 Å². The van der Waals surface area contributed by atoms with E-state index < -0.39 is 0 Å². The fourth-order valence-electron chi connectivity index (χ4n) is 3.89. The number of amidine groups is 1. The molecule has 0 spiro atoms. The van der Waals surface area contributed by atoms with Crippen LogP contribution in [0.3, 0.4) is 0 Å². The van der Waals surface area contributed by atoms with Crippen molar-refractivity contribution in [2.75, 3.05) is 22.5 Å². The maximum atomic E-state index is 12.1. The molecule has 41 heavy (non-hydrogen) atoms. The van der Waals surface area contributed by atoms with Crippen molar-refractivity contribution in [1.29, 1.82) is 0 Å². The lowest BCUT2D eigenvalue weighted by Crippen LogP contribution is -2.35. The summed E-state index contributed by atoms with van der Waals surface area (Å²) in [7, 11) is 0. The number of rotatable bonds is 13. The number of guanidine groups is 1. The minimum atomic E-state index is 0.0516. The van der Waals surface area contributed by atoms with Gasteiger partial charge in [-0.2, -0.15) is 4.99 Å². The lowest BCUT2D eigenvalue weighted by Gasteiger charge is -2.16. The van der Waals surface area contributed by atoms with E-state index in [1.165, 1.54) is 0 Å². The monoisotopic (exact) mass is 554 g/mol. The molecule has 0 saturated carbocycles. The fraction of sp³-hybridized carbons (Fsp3) is 0.303. The molecule has 5 N–H and O–H groups in total. The second-order valence-electron chi connectivity index (χ2n) is 9.78. The molecule has 0 heterocycles. The molecule has 0 aromatic heterocycles. The predicted octanol–water partition coefficient (Wildman–Crippen LogP) is 7.51. The normalized spacial score (nSPS) is 12.4. The first-order valence-corrected chi connectivity index (χ1v) is 14.2. The molecule has 3 aromatic carbocycles. The molecule has 0 aliphatic rings. The summed E-state index contributed by atoms with van der Waals surface area (Å²) in [6.45, 7) is 6.75. The number of nitrogens with one attached hydrogen (secondary N) is 4. The zero-order valence-corrected chi connectivity index (χ0v) is 24.3. The third-order valence-corrected chi connectivity index (χ3v) is 6.34. The summed E-state index contributed by atoms with van der Waals surface area (Å²) in [6.07, 6.45) is 5.14. The van der Waals surface area contributed by atoms with E-state index in [1.807, 2.05) is 67.6 Å². The molecule has 8 nitrogen and oxygen atoms in total. The zero-order chi connectivity index (χ0) is 29.3. The van der Waals surface area contributed by atoms with Crippen LogP contribution in [0, 0.1) is 0 Å². The number of phenolic OH excluding ortho intramolecular Hbond substituents is 1. The Morgan fingerprint density at radius 3 is 1.95 bits per heavy atom. The number of benzene rings is 3. The molecule has 8 heteroatoms. The Kier molecular flexibility index (Phi) is 13.0. The first-order chi connectivity index (χ1) is 19.9. The molecule has 3 aromatic rings. The SMILES string of the molecule is CC/C(C)=C(/N=C(\NC(C)=NCCCCCCC(=O)Nc1ccccc1)Nc1ccc(O)cc1)Nc1ccccc1. The summed E-state index contributed by atoms with van der Waals surface area (Å²) >= 11 is 0. The summed E-state index contributed by atoms with van der Waals surface area (Å²) in [6, 6.07) is 26.3. The van der Waals surface area contributed by atoms with Gasteiger partial charge in [-0.25, -0.2) is 0 Å². The number of carbonyl (C=O) groups excluding carboxylic acids is 1. The van der Waals surface area contributed by atoms with Gasteiger partial charge in [0, 0.05) is 30.0 Å². The van der Waals surface area contributed by atoms with Crippen molar-refractivity contribution in [1.82, 2.24) is 5.32 Å². The number of hydrogen-bond donors (Lipinski definition) is 5. The standard InChI is InChI=1S/C33H42N6O2/c1-4-25(2)32(37-28-17-11-8-12-18-28)39-33(38-29-20-22-30(40)23-21-29)35-26(3)34-24-14-6-5-13-19-31(41)36-27-15-9-7-10-16-27/h7-12,15-18,20-23,37,40H,4-6,13-14,19,24H2,1-3H3,(H,36,41)(H2,34,35,38,39)/b32-25+. The van der Waals surface area contributed by atoms with Crippen molar-refractivity contribution in [2.24, 2.45) is 9.98 Å². The molecule has 0 fully saturated rings. The van der Waals surface area contributed by atoms with Crippen LogP contribution in [0.4, 0.5) is 17.1 Å². The molecule has 3 rings (SSSR count). The van der Waals surface area contributed by atoms with E-state index in [0.29, 0.717) is 18.9 Å². The summed E-state index contributed by atoms with van der Waals surface area (Å²) in [4.78, 5) is 21.7. The number of nitrogens with zero attached hydrogens (tertiary/aromatic N) is 2. The van der Waals surface area contributed by atoms with Crippen LogP contribution in [0.25, 0.3) is 0 Å². The molecule has 0 saturated heterocycles. The van der Waals surface area contributed by atoms with Crippen LogP contribution in [0.15, 0.2) is 106 Å². The number of allylic oxidation sites excluding steroid dienone is 1. The van der Waals surface area contributed by atoms with Crippen LogP contribution >= 0.6 is 0 Å². The van der Waals surface area contributed by atoms with Gasteiger partial charge in [-0.3, -0.25) is 9.79 Å². The van der Waals surface area contributed by atoms with Crippen LogP contribution in [0.5, 0.6) is 5.75 Å². The first kappa shape index (κ1) is 30.9. The molecule has 0 radical (unpaired) electrons. The first-order valence-electron chi connectivity index (χ1n) is 14.2. The van der Waals surface area contributed by atoms with Crippen LogP contribution in [0.1, 0.15) is 59.3 Å². The third-order valence-electron chi connectivity index (χ3n) is 6.34. The van der Waals surface area contributed by atoms with Gasteiger partial charge in [0.15, 0.2) is 0 Å². The molecule has 0 aliphatic heterocycles. The second kappa shape index (κ2) is 17.2. The lowest BCUT2D eigenvalue weighted by atomic mass is 10.1. The number of anilines is 3. The van der Waals surface area contributed by atoms with Crippen LogP contribution < -0.4 is 21.3 Å². The van der Waals surface area contributed by atoms with Gasteiger partial charge in [0.1, 0.15) is 11.6 Å². The Hall–Kier alpha value is -4.59. The highest BCUT2D eigenvalue weighted by molar-refractivity contribution is 6.05. The second-order valence-corrected chi connectivity index (χ2v) is 9.78. The average molecular weight is 555 g/mol. The maximum absolute atomic E-state index is 12.1. The van der Waals surface area contributed by atoms with Crippen LogP contribution in [-0.2, 0) is 4.79 Å². The molecule has 0 bridgehead atoms. The van der Waals surface area contributed by atoms with Gasteiger partial charge >= 0.3 is 0 Å². The molecular formula is C33H42N6O2. The van der Waals surface area contributed by atoms with Crippen molar-refractivity contribution in [3.63, 3.8) is 0 Å². The Morgan fingerprint density at radius 1 is 0.732 bits per heavy atom. The number of unbranched alkanes of at least 4 members (excludes halogenated alkanes) is 3. The topological polar surface area (TPSA) is 110 Å². The summed E-state index contributed by atoms with van der Waals surface area (Å²) in [5.74, 6) is 2.26. The maximum Gasteiger partial charge on any atom is 0.224 e. The summed E-state index contributed by atoms with van der Waals surface area (Å²) < 4.78 is 0. The minimum Gasteiger partial charge on any atom is -0.508 e. The van der Waals surface area contributed by atoms with E-state index >= 15 is 0 Å². The van der Waals surface area contributed by atoms with Gasteiger partial charge in [0.05, 0.1) is 5.84 Å². The minimum absolute atomic E-state index is 0.0516. The third kappa shape index (κ3) is 12.0. The Morgan fingerprint density at radius 2 is 1.32 bits per heavy atom. The molecule has 216 valence electrons. The Bertz CT molecular complexity index is 1300. The molecule has 0 aliphatic carbocycles. The highest BCUT2D eigenvalue weighted by Gasteiger charge is 2.08. The summed E-state index contributed by atoms with van der Waals surface area (Å²) in [5.41, 5.74) is 3.67. The number of hydrogen-bond acceptors (Lipinski definition) is 5. The molecular weight excluding hydrogens is 512 g/mol. The van der Waals surface area contributed by atoms with Crippen LogP contribution in [0.2, 0.25) is 0 Å². The van der Waals surface area contributed by atoms with Crippen molar-refractivity contribution in [2.45, 2.75) is 59.3 Å². The van der Waals surface area contributed by atoms with E-state index in [1.54, 1.807) is 24.3 Å². The fourth-order valence-corrected chi connectivity index (χ4v) is 3.89. The number of phenols is 1. The van der Waals surface area contributed by atoms with Gasteiger partial charge in [-0.05, 0) is 87.2 Å². The highest BCUT2D eigenvalue weighted by Crippen LogP contribution is 2.17. The van der Waals surface area contributed by atoms with Gasteiger partial charge in [-0.15, -0.1) is 0 Å². The predicted molar refractivity (Wildman–Crippen MR) is 171 cm³/mol. The van der Waals surface area contributed by atoms with E-state index in [9.17, 15) is 9.90 Å². The Balaban J connectivity index is 1.55. The smallest absolute Gasteiger partial charge is 0.224 e. The number of aromatic hydroxyl groups is 1. The number of para-hydroxylation sites is 2.